The van der Waals surface area contributed by atoms with Crippen molar-refractivity contribution < 1.29 is 75.6 Å². The van der Waals surface area contributed by atoms with Gasteiger partial charge in [0.25, 0.3) is 5.91 Å². The first-order valence-corrected chi connectivity index (χ1v) is 7.47. The Morgan fingerprint density at radius 3 is 2.56 bits per heavy atom. The summed E-state index contributed by atoms with van der Waals surface area (Å²) >= 11 is 0. The number of hydrogen-bond donors (Lipinski definition) is 2. The first-order valence-electron chi connectivity index (χ1n) is 7.47. The van der Waals surface area contributed by atoms with Gasteiger partial charge in [-0.2, -0.15) is 5.10 Å². The Morgan fingerprint density at radius 1 is 1.24 bits per heavy atom. The van der Waals surface area contributed by atoms with Gasteiger partial charge in [-0.15, -0.1) is 0 Å². The van der Waals surface area contributed by atoms with Crippen molar-refractivity contribution in [2.75, 3.05) is 0 Å². The number of carbonyl (C=O) groups excluding carboxylic acids is 2. The van der Waals surface area contributed by atoms with Gasteiger partial charge in [-0.05, 0) is 44.0 Å². The summed E-state index contributed by atoms with van der Waals surface area (Å²) in [6.45, 7) is 1.64. The first-order chi connectivity index (χ1) is 11.5. The summed E-state index contributed by atoms with van der Waals surface area (Å²) in [5.41, 5.74) is 4.48. The number of aromatic hydroxyl groups is 1. The van der Waals surface area contributed by atoms with E-state index >= 15 is 0 Å². The summed E-state index contributed by atoms with van der Waals surface area (Å²) < 4.78 is 5.35. The average Bonchev–Trinajstić information content (AvgIpc) is 2.91. The molecule has 1 heterocycles. The minimum absolute atomic E-state index is 0. The zero-order valence-corrected chi connectivity index (χ0v) is 17.1. The molecule has 0 aliphatic heterocycles. The summed E-state index contributed by atoms with van der Waals surface area (Å²) in [5, 5.41) is 24.5. The topological polar surface area (TPSA) is 115 Å². The zero-order valence-electron chi connectivity index (χ0n) is 14.0. The molecule has 124 valence electrons. The van der Waals surface area contributed by atoms with Gasteiger partial charge in [0.1, 0.15) is 17.5 Å². The molecule has 0 unspecified atom stereocenters. The molecule has 1 aliphatic rings. The van der Waals surface area contributed by atoms with Gasteiger partial charge in [-0.3, -0.25) is 4.79 Å². The maximum absolute atomic E-state index is 12.1. The molecule has 0 radical (unpaired) electrons. The van der Waals surface area contributed by atoms with Gasteiger partial charge in [0.05, 0.1) is 5.71 Å². The van der Waals surface area contributed by atoms with Gasteiger partial charge >= 0.3 is 51.4 Å². The van der Waals surface area contributed by atoms with E-state index in [1.54, 1.807) is 6.92 Å². The number of furan rings is 1. The summed E-state index contributed by atoms with van der Waals surface area (Å²) in [4.78, 5) is 23.2. The number of nitrogens with one attached hydrogen (secondary N) is 1. The Kier molecular flexibility index (Phi) is 6.58. The molecule has 3 rings (SSSR count). The fourth-order valence-electron chi connectivity index (χ4n) is 2.77. The number of carboxylic acid groups (broad SMARTS) is 1. The number of phenolic OH excluding ortho intramolecular Hbond substituents is 1. The number of benzene rings is 1. The van der Waals surface area contributed by atoms with Gasteiger partial charge in [-0.1, -0.05) is 0 Å². The summed E-state index contributed by atoms with van der Waals surface area (Å²) in [6, 6.07) is 5.78. The van der Waals surface area contributed by atoms with Crippen molar-refractivity contribution in [1.82, 2.24) is 5.43 Å². The van der Waals surface area contributed by atoms with E-state index in [-0.39, 0.29) is 62.9 Å². The fraction of sp³-hybridized carbons (Fsp3) is 0.235. The minimum atomic E-state index is -1.37. The van der Waals surface area contributed by atoms with Crippen LogP contribution in [0.1, 0.15) is 50.6 Å². The average molecular weight is 366 g/mol. The van der Waals surface area contributed by atoms with E-state index in [1.165, 1.54) is 24.3 Å². The van der Waals surface area contributed by atoms with Crippen LogP contribution in [0.2, 0.25) is 0 Å². The molecule has 1 aliphatic carbocycles. The summed E-state index contributed by atoms with van der Waals surface area (Å²) in [6.07, 6.45) is 1.98. The van der Waals surface area contributed by atoms with Crippen LogP contribution in [0.4, 0.5) is 0 Å². The third kappa shape index (κ3) is 4.21. The van der Waals surface area contributed by atoms with Crippen LogP contribution in [-0.2, 0) is 6.42 Å². The normalized spacial score (nSPS) is 14.5. The monoisotopic (exact) mass is 366 g/mol. The number of hydrazone groups is 1. The molecule has 0 bridgehead atoms. The van der Waals surface area contributed by atoms with Crippen molar-refractivity contribution in [1.29, 1.82) is 0 Å². The number of aromatic carboxylic acids is 1. The standard InChI is InChI=1S/C17H16N2O5.K/c1-9-14-12(3-2-4-13(14)24-15(9)17(22)23)18-19-16(21)10-5-7-11(20)8-6-10;/h5-8,20H,2-4H2,1H3,(H,19,21)(H,22,23);/q;+1/p-1/b18-12+;. The third-order valence-electron chi connectivity index (χ3n) is 3.93. The number of aryl methyl sites for hydroxylation is 1. The second-order valence-electron chi connectivity index (χ2n) is 5.54. The molecule has 2 N–H and O–H groups in total. The number of carbonyl (C=O) groups is 2. The molecule has 8 heteroatoms. The van der Waals surface area contributed by atoms with Crippen LogP contribution in [-0.4, -0.2) is 22.7 Å². The molecule has 0 fully saturated rings. The maximum atomic E-state index is 12.1. The summed E-state index contributed by atoms with van der Waals surface area (Å²) in [7, 11) is 0. The fourth-order valence-corrected chi connectivity index (χ4v) is 2.77. The van der Waals surface area contributed by atoms with E-state index in [0.717, 1.165) is 6.42 Å². The van der Waals surface area contributed by atoms with Gasteiger partial charge in [0.2, 0.25) is 0 Å². The predicted molar refractivity (Wildman–Crippen MR) is 82.8 cm³/mol. The largest absolute Gasteiger partial charge is 1.00 e. The van der Waals surface area contributed by atoms with Crippen LogP contribution >= 0.6 is 0 Å². The molecule has 0 saturated carbocycles. The van der Waals surface area contributed by atoms with E-state index in [2.05, 4.69) is 10.5 Å². The van der Waals surface area contributed by atoms with E-state index in [1.807, 2.05) is 0 Å². The number of fused-ring (bicyclic) bond motifs is 1. The predicted octanol–water partition coefficient (Wildman–Crippen LogP) is -1.87. The van der Waals surface area contributed by atoms with E-state index in [0.29, 0.717) is 41.0 Å². The molecule has 25 heavy (non-hydrogen) atoms. The maximum Gasteiger partial charge on any atom is 1.00 e. The molecule has 0 spiro atoms. The van der Waals surface area contributed by atoms with Crippen LogP contribution < -0.4 is 61.9 Å². The Morgan fingerprint density at radius 2 is 1.92 bits per heavy atom. The van der Waals surface area contributed by atoms with Gasteiger partial charge in [0, 0.05) is 23.1 Å². The van der Waals surface area contributed by atoms with E-state index < -0.39 is 11.9 Å². The molecule has 1 aromatic carbocycles. The smallest absolute Gasteiger partial charge is 0.542 e. The van der Waals surface area contributed by atoms with Crippen molar-refractivity contribution >= 4 is 17.6 Å². The van der Waals surface area contributed by atoms with Gasteiger partial charge < -0.3 is 19.4 Å². The van der Waals surface area contributed by atoms with Crippen LogP contribution in [0, 0.1) is 6.92 Å². The Hall–Kier alpha value is -1.45. The minimum Gasteiger partial charge on any atom is -0.542 e. The Bertz CT molecular complexity index is 839. The van der Waals surface area contributed by atoms with Crippen molar-refractivity contribution in [3.05, 3.63) is 52.5 Å². The SMILES string of the molecule is Cc1c(C(=O)[O-])oc2c1/C(=N/NC(=O)c1ccc(O)cc1)CCC2.[K+]. The number of phenols is 1. The van der Waals surface area contributed by atoms with E-state index in [4.69, 9.17) is 4.42 Å². The second kappa shape index (κ2) is 8.28. The second-order valence-corrected chi connectivity index (χ2v) is 5.54. The van der Waals surface area contributed by atoms with Crippen molar-refractivity contribution in [3.8, 4) is 5.75 Å². The first kappa shape index (κ1) is 19.9. The van der Waals surface area contributed by atoms with Crippen LogP contribution in [0.15, 0.2) is 33.8 Å². The quantitative estimate of drug-likeness (QED) is 0.488. The summed E-state index contributed by atoms with van der Waals surface area (Å²) in [5.74, 6) is -1.36. The third-order valence-corrected chi connectivity index (χ3v) is 3.93. The number of carboxylic acids is 1. The van der Waals surface area contributed by atoms with E-state index in [9.17, 15) is 19.8 Å². The Balaban J connectivity index is 0.00000225. The van der Waals surface area contributed by atoms with Crippen molar-refractivity contribution in [3.63, 3.8) is 0 Å². The molecule has 0 atom stereocenters. The van der Waals surface area contributed by atoms with Crippen LogP contribution in [0.25, 0.3) is 0 Å². The molecular formula is C17H15KN2O5. The number of nitrogens with zero attached hydrogens (tertiary/aromatic N) is 1. The number of hydrogen-bond acceptors (Lipinski definition) is 6. The molecule has 7 nitrogen and oxygen atoms in total. The Labute approximate surface area is 186 Å². The zero-order chi connectivity index (χ0) is 17.3. The van der Waals surface area contributed by atoms with Gasteiger partial charge in [-0.25, -0.2) is 5.43 Å². The molecule has 1 amide bonds. The van der Waals surface area contributed by atoms with Crippen molar-refractivity contribution in [2.24, 2.45) is 5.10 Å². The number of rotatable bonds is 3. The molecule has 2 aromatic rings. The number of amides is 1. The molecular weight excluding hydrogens is 351 g/mol. The molecule has 1 aromatic heterocycles. The van der Waals surface area contributed by atoms with Crippen molar-refractivity contribution in [2.45, 2.75) is 26.2 Å². The van der Waals surface area contributed by atoms with Gasteiger partial charge in [0.15, 0.2) is 5.76 Å². The van der Waals surface area contributed by atoms with Crippen LogP contribution in [0.3, 0.4) is 0 Å². The van der Waals surface area contributed by atoms with Crippen LogP contribution in [0.5, 0.6) is 5.75 Å². The molecule has 0 saturated heterocycles.